The monoisotopic (exact) mass is 342 g/mol. The predicted octanol–water partition coefficient (Wildman–Crippen LogP) is 2.93. The van der Waals surface area contributed by atoms with E-state index in [1.165, 1.54) is 16.8 Å². The first kappa shape index (κ1) is 18.3. The van der Waals surface area contributed by atoms with Crippen molar-refractivity contribution < 1.29 is 9.90 Å². The minimum Gasteiger partial charge on any atom is -0.481 e. The van der Waals surface area contributed by atoms with E-state index in [4.69, 9.17) is 0 Å². The molecule has 2 N–H and O–H groups in total. The lowest BCUT2D eigenvalue weighted by molar-refractivity contribution is -0.143. The standard InChI is InChI=1S/C20H31BN2O2/c1-2-3-10-20(21,19(24)25)17-8-12-23(13-9-17)14-16-6-4-5-15-7-11-22-18(15)16/h4-6,17,22H,2-3,7-14,21H2,1H3,(H,24,25). The normalized spacial score (nSPS) is 20.7. The third kappa shape index (κ3) is 3.86. The van der Waals surface area contributed by atoms with E-state index in [-0.39, 0.29) is 0 Å². The third-order valence-electron chi connectivity index (χ3n) is 6.35. The molecule has 0 bridgehead atoms. The fourth-order valence-electron chi connectivity index (χ4n) is 4.54. The quantitative estimate of drug-likeness (QED) is 0.748. The number of unbranched alkanes of at least 4 members (excludes halogenated alkanes) is 1. The summed E-state index contributed by atoms with van der Waals surface area (Å²) in [7, 11) is 1.97. The highest BCUT2D eigenvalue weighted by Gasteiger charge is 2.41. The van der Waals surface area contributed by atoms with Crippen LogP contribution in [-0.2, 0) is 17.8 Å². The summed E-state index contributed by atoms with van der Waals surface area (Å²) in [5.41, 5.74) is 4.16. The van der Waals surface area contributed by atoms with Crippen LogP contribution in [0.5, 0.6) is 0 Å². The Hall–Kier alpha value is -1.49. The summed E-state index contributed by atoms with van der Waals surface area (Å²) in [6.45, 7) is 6.16. The van der Waals surface area contributed by atoms with E-state index in [2.05, 4.69) is 35.3 Å². The van der Waals surface area contributed by atoms with Crippen LogP contribution in [0.15, 0.2) is 18.2 Å². The van der Waals surface area contributed by atoms with Crippen molar-refractivity contribution in [2.75, 3.05) is 25.0 Å². The number of nitrogens with zero attached hydrogens (tertiary/aromatic N) is 1. The van der Waals surface area contributed by atoms with Gasteiger partial charge in [0.1, 0.15) is 7.85 Å². The number of hydrogen-bond donors (Lipinski definition) is 2. The Kier molecular flexibility index (Phi) is 5.72. The number of carboxylic acid groups (broad SMARTS) is 1. The van der Waals surface area contributed by atoms with Crippen LogP contribution in [0.1, 0.15) is 50.2 Å². The molecular weight excluding hydrogens is 311 g/mol. The highest BCUT2D eigenvalue weighted by Crippen LogP contribution is 2.44. The number of rotatable bonds is 7. The fourth-order valence-corrected chi connectivity index (χ4v) is 4.54. The number of carboxylic acids is 1. The molecule has 1 aromatic carbocycles. The summed E-state index contributed by atoms with van der Waals surface area (Å²) >= 11 is 0. The van der Waals surface area contributed by atoms with Crippen molar-refractivity contribution in [3.63, 3.8) is 0 Å². The number of benzene rings is 1. The maximum atomic E-state index is 11.9. The average molecular weight is 342 g/mol. The SMILES string of the molecule is BC(CCCC)(C(=O)O)C1CCN(Cc2cccc3c2NCC3)CC1. The number of anilines is 1. The number of carbonyl (C=O) groups is 1. The van der Waals surface area contributed by atoms with E-state index in [9.17, 15) is 9.90 Å². The summed E-state index contributed by atoms with van der Waals surface area (Å²) in [5, 5.41) is 12.8. The Morgan fingerprint density at radius 1 is 1.40 bits per heavy atom. The van der Waals surface area contributed by atoms with Gasteiger partial charge in [-0.1, -0.05) is 38.0 Å². The van der Waals surface area contributed by atoms with Gasteiger partial charge in [-0.25, -0.2) is 0 Å². The second-order valence-electron chi connectivity index (χ2n) is 8.00. The number of hydrogen-bond acceptors (Lipinski definition) is 3. The van der Waals surface area contributed by atoms with Gasteiger partial charge in [-0.05, 0) is 55.8 Å². The van der Waals surface area contributed by atoms with Crippen LogP contribution in [-0.4, -0.2) is 43.5 Å². The summed E-state index contributed by atoms with van der Waals surface area (Å²) in [6, 6.07) is 6.61. The number of fused-ring (bicyclic) bond motifs is 1. The van der Waals surface area contributed by atoms with Gasteiger partial charge in [-0.3, -0.25) is 9.69 Å². The maximum Gasteiger partial charge on any atom is 0.301 e. The summed E-state index contributed by atoms with van der Waals surface area (Å²) in [6.07, 6.45) is 5.99. The van der Waals surface area contributed by atoms with Crippen molar-refractivity contribution >= 4 is 19.5 Å². The summed E-state index contributed by atoms with van der Waals surface area (Å²) in [5.74, 6) is -0.308. The van der Waals surface area contributed by atoms with Gasteiger partial charge in [0.2, 0.25) is 0 Å². The van der Waals surface area contributed by atoms with Crippen molar-refractivity contribution in [3.05, 3.63) is 29.3 Å². The Bertz CT molecular complexity index is 614. The van der Waals surface area contributed by atoms with Crippen molar-refractivity contribution in [1.29, 1.82) is 0 Å². The van der Waals surface area contributed by atoms with Gasteiger partial charge in [-0.15, -0.1) is 0 Å². The molecular formula is C20H31BN2O2. The Balaban J connectivity index is 1.60. The molecule has 0 aliphatic carbocycles. The van der Waals surface area contributed by atoms with Crippen LogP contribution < -0.4 is 5.32 Å². The fraction of sp³-hybridized carbons (Fsp3) is 0.650. The molecule has 25 heavy (non-hydrogen) atoms. The number of para-hydroxylation sites is 1. The van der Waals surface area contributed by atoms with Gasteiger partial charge < -0.3 is 10.4 Å². The molecule has 2 aliphatic rings. The zero-order chi connectivity index (χ0) is 17.9. The highest BCUT2D eigenvalue weighted by atomic mass is 16.4. The zero-order valence-electron chi connectivity index (χ0n) is 15.7. The minimum atomic E-state index is -0.607. The van der Waals surface area contributed by atoms with Gasteiger partial charge in [0.15, 0.2) is 0 Å². The largest absolute Gasteiger partial charge is 0.481 e. The summed E-state index contributed by atoms with van der Waals surface area (Å²) in [4.78, 5) is 14.4. The predicted molar refractivity (Wildman–Crippen MR) is 105 cm³/mol. The van der Waals surface area contributed by atoms with E-state index in [1.807, 2.05) is 7.85 Å². The maximum absolute atomic E-state index is 11.9. The van der Waals surface area contributed by atoms with Crippen LogP contribution in [0.2, 0.25) is 5.31 Å². The lowest BCUT2D eigenvalue weighted by Gasteiger charge is -2.40. The van der Waals surface area contributed by atoms with Crippen molar-refractivity contribution in [3.8, 4) is 0 Å². The molecule has 2 aliphatic heterocycles. The molecule has 0 aromatic heterocycles. The van der Waals surface area contributed by atoms with E-state index in [1.54, 1.807) is 0 Å². The van der Waals surface area contributed by atoms with Gasteiger partial charge >= 0.3 is 5.97 Å². The van der Waals surface area contributed by atoms with Crippen LogP contribution in [0, 0.1) is 5.92 Å². The van der Waals surface area contributed by atoms with Crippen molar-refractivity contribution in [1.82, 2.24) is 4.90 Å². The van der Waals surface area contributed by atoms with Crippen LogP contribution in [0.3, 0.4) is 0 Å². The van der Waals surface area contributed by atoms with Crippen LogP contribution >= 0.6 is 0 Å². The number of piperidine rings is 1. The molecule has 0 radical (unpaired) electrons. The first-order valence-electron chi connectivity index (χ1n) is 9.85. The average Bonchev–Trinajstić information content (AvgIpc) is 3.10. The minimum absolute atomic E-state index is 0.299. The molecule has 3 rings (SSSR count). The second kappa shape index (κ2) is 7.82. The Morgan fingerprint density at radius 2 is 2.16 bits per heavy atom. The van der Waals surface area contributed by atoms with Gasteiger partial charge in [-0.2, -0.15) is 0 Å². The topological polar surface area (TPSA) is 52.6 Å². The lowest BCUT2D eigenvalue weighted by Crippen LogP contribution is -2.41. The summed E-state index contributed by atoms with van der Waals surface area (Å²) < 4.78 is 0. The molecule has 1 unspecified atom stereocenters. The lowest BCUT2D eigenvalue weighted by atomic mass is 9.56. The molecule has 5 heteroatoms. The molecule has 1 fully saturated rings. The number of aliphatic carboxylic acids is 1. The molecule has 0 spiro atoms. The Labute approximate surface area is 152 Å². The van der Waals surface area contributed by atoms with E-state index in [0.29, 0.717) is 5.92 Å². The molecule has 2 heterocycles. The van der Waals surface area contributed by atoms with Crippen LogP contribution in [0.25, 0.3) is 0 Å². The van der Waals surface area contributed by atoms with Crippen LogP contribution in [0.4, 0.5) is 5.69 Å². The molecule has 0 amide bonds. The molecule has 4 nitrogen and oxygen atoms in total. The number of likely N-dealkylation sites (tertiary alicyclic amines) is 1. The number of nitrogens with one attached hydrogen (secondary N) is 1. The van der Waals surface area contributed by atoms with Crippen molar-refractivity contribution in [2.45, 2.75) is 57.3 Å². The smallest absolute Gasteiger partial charge is 0.301 e. The van der Waals surface area contributed by atoms with Gasteiger partial charge in [0.05, 0.1) is 0 Å². The van der Waals surface area contributed by atoms with E-state index >= 15 is 0 Å². The third-order valence-corrected chi connectivity index (χ3v) is 6.35. The van der Waals surface area contributed by atoms with E-state index < -0.39 is 11.3 Å². The van der Waals surface area contributed by atoms with Gasteiger partial charge in [0.25, 0.3) is 0 Å². The highest BCUT2D eigenvalue weighted by molar-refractivity contribution is 6.27. The Morgan fingerprint density at radius 3 is 2.84 bits per heavy atom. The first-order valence-corrected chi connectivity index (χ1v) is 9.85. The van der Waals surface area contributed by atoms with Crippen molar-refractivity contribution in [2.24, 2.45) is 5.92 Å². The van der Waals surface area contributed by atoms with E-state index in [0.717, 1.165) is 64.7 Å². The second-order valence-corrected chi connectivity index (χ2v) is 8.00. The molecule has 1 saturated heterocycles. The van der Waals surface area contributed by atoms with Gasteiger partial charge in [0, 0.05) is 24.1 Å². The molecule has 1 atom stereocenters. The first-order chi connectivity index (χ1) is 12.0. The zero-order valence-corrected chi connectivity index (χ0v) is 15.7. The molecule has 1 aromatic rings. The molecule has 136 valence electrons. The molecule has 0 saturated carbocycles.